The lowest BCUT2D eigenvalue weighted by Gasteiger charge is -2.49. The van der Waals surface area contributed by atoms with Gasteiger partial charge in [0.2, 0.25) is 0 Å². The van der Waals surface area contributed by atoms with E-state index in [0.29, 0.717) is 6.42 Å². The van der Waals surface area contributed by atoms with Crippen LogP contribution in [0.2, 0.25) is 0 Å². The summed E-state index contributed by atoms with van der Waals surface area (Å²) in [7, 11) is 0. The van der Waals surface area contributed by atoms with E-state index in [1.807, 2.05) is 0 Å². The van der Waals surface area contributed by atoms with Gasteiger partial charge in [-0.1, -0.05) is 31.2 Å². The van der Waals surface area contributed by atoms with E-state index in [0.717, 1.165) is 43.3 Å². The average Bonchev–Trinajstić information content (AvgIpc) is 2.86. The van der Waals surface area contributed by atoms with Crippen molar-refractivity contribution in [1.29, 1.82) is 0 Å². The van der Waals surface area contributed by atoms with E-state index in [4.69, 9.17) is 9.47 Å². The molecule has 2 unspecified atom stereocenters. The summed E-state index contributed by atoms with van der Waals surface area (Å²) in [5.74, 6) is -23.5. The van der Waals surface area contributed by atoms with Crippen molar-refractivity contribution in [3.63, 3.8) is 0 Å². The van der Waals surface area contributed by atoms with Crippen LogP contribution in [0, 0.1) is 23.4 Å². The summed E-state index contributed by atoms with van der Waals surface area (Å²) in [6.07, 6.45) is 3.45. The molecular weight excluding hydrogens is 536 g/mol. The number of benzene rings is 2. The first-order chi connectivity index (χ1) is 18.2. The van der Waals surface area contributed by atoms with Gasteiger partial charge in [-0.2, -0.15) is 17.6 Å². The van der Waals surface area contributed by atoms with Crippen LogP contribution in [-0.2, 0) is 22.5 Å². The maximum atomic E-state index is 15.6. The predicted octanol–water partition coefficient (Wildman–Crippen LogP) is 7.84. The van der Waals surface area contributed by atoms with Crippen LogP contribution in [0.15, 0.2) is 60.7 Å². The van der Waals surface area contributed by atoms with Crippen molar-refractivity contribution in [2.24, 2.45) is 5.92 Å². The molecule has 2 atom stereocenters. The summed E-state index contributed by atoms with van der Waals surface area (Å²) in [5.41, 5.74) is -5.51. The number of alkyl halides is 4. The van der Waals surface area contributed by atoms with Crippen LogP contribution in [0.25, 0.3) is 0 Å². The van der Waals surface area contributed by atoms with E-state index in [2.05, 4.69) is 6.58 Å². The quantitative estimate of drug-likeness (QED) is 0.197. The normalized spacial score (nSPS) is 22.7. The highest BCUT2D eigenvalue weighted by Crippen LogP contribution is 2.64. The van der Waals surface area contributed by atoms with Crippen LogP contribution in [-0.4, -0.2) is 18.5 Å². The van der Waals surface area contributed by atoms with Crippen LogP contribution >= 0.6 is 0 Å². The Morgan fingerprint density at radius 1 is 1.03 bits per heavy atom. The third-order valence-electron chi connectivity index (χ3n) is 6.95. The molecule has 0 saturated carbocycles. The molecule has 0 spiro atoms. The molecule has 2 aromatic carbocycles. The lowest BCUT2D eigenvalue weighted by molar-refractivity contribution is -0.258. The van der Waals surface area contributed by atoms with E-state index in [9.17, 15) is 13.6 Å². The fourth-order valence-corrected chi connectivity index (χ4v) is 4.97. The van der Waals surface area contributed by atoms with Crippen molar-refractivity contribution < 1.29 is 49.4 Å². The molecule has 0 heterocycles. The first-order valence-corrected chi connectivity index (χ1v) is 11.8. The summed E-state index contributed by atoms with van der Waals surface area (Å²) >= 11 is 0. The molecule has 0 aliphatic heterocycles. The molecule has 3 nitrogen and oxygen atoms in total. The highest BCUT2D eigenvalue weighted by molar-refractivity contribution is 5.90. The summed E-state index contributed by atoms with van der Waals surface area (Å²) < 4.78 is 130. The Kier molecular flexibility index (Phi) is 7.16. The molecule has 208 valence electrons. The minimum absolute atomic E-state index is 0.0712. The van der Waals surface area contributed by atoms with Crippen molar-refractivity contribution in [1.82, 2.24) is 0 Å². The number of hydrogen-bond donors (Lipinski definition) is 0. The Labute approximate surface area is 218 Å². The van der Waals surface area contributed by atoms with Gasteiger partial charge in [0.25, 0.3) is 0 Å². The lowest BCUT2D eigenvalue weighted by atomic mass is 9.59. The van der Waals surface area contributed by atoms with Gasteiger partial charge in [0, 0.05) is 5.41 Å². The van der Waals surface area contributed by atoms with Crippen LogP contribution < -0.4 is 4.74 Å². The zero-order valence-corrected chi connectivity index (χ0v) is 20.7. The second-order valence-corrected chi connectivity index (χ2v) is 9.31. The molecule has 11 heteroatoms. The highest BCUT2D eigenvalue weighted by Gasteiger charge is 2.73. The molecule has 0 saturated heterocycles. The second-order valence-electron chi connectivity index (χ2n) is 9.31. The summed E-state index contributed by atoms with van der Waals surface area (Å²) in [6.45, 7) is 5.77. The Bertz CT molecular complexity index is 1410. The fourth-order valence-electron chi connectivity index (χ4n) is 4.97. The molecule has 2 aliphatic rings. The van der Waals surface area contributed by atoms with E-state index in [1.54, 1.807) is 0 Å². The Hall–Kier alpha value is -3.63. The van der Waals surface area contributed by atoms with Gasteiger partial charge < -0.3 is 9.47 Å². The number of carbonyl (C=O) groups is 1. The Morgan fingerprint density at radius 2 is 1.72 bits per heavy atom. The summed E-state index contributed by atoms with van der Waals surface area (Å²) in [5, 5.41) is 0. The number of ether oxygens (including phenoxy) is 2. The van der Waals surface area contributed by atoms with Gasteiger partial charge in [-0.25, -0.2) is 22.4 Å². The van der Waals surface area contributed by atoms with Gasteiger partial charge in [-0.05, 0) is 49.1 Å². The molecule has 4 rings (SSSR count). The highest BCUT2D eigenvalue weighted by atomic mass is 19.3. The van der Waals surface area contributed by atoms with Gasteiger partial charge in [-0.3, -0.25) is 0 Å². The third-order valence-corrected chi connectivity index (χ3v) is 6.95. The molecule has 0 radical (unpaired) electrons. The zero-order chi connectivity index (χ0) is 28.9. The molecule has 0 amide bonds. The number of hydrogen-bond acceptors (Lipinski definition) is 3. The number of fused-ring (bicyclic) bond motifs is 3. The standard InChI is InChI=1S/C28H22F8O3/c1-4-6-7-14-8-9-15(21(30)20(14)29)25(37)39-18-12-13-26(3)16-10-11-17(38-5-2)22(31)19(16)27(33,34)28(35,36)24(26)23(18)32/h4,8-13,24H,1,5-7H2,2-3H3. The number of aryl methyl sites for hydroxylation is 1. The molecule has 0 bridgehead atoms. The number of esters is 1. The summed E-state index contributed by atoms with van der Waals surface area (Å²) in [6, 6.07) is 3.88. The van der Waals surface area contributed by atoms with Crippen molar-refractivity contribution in [3.8, 4) is 5.75 Å². The van der Waals surface area contributed by atoms with Crippen molar-refractivity contribution in [3.05, 3.63) is 100 Å². The smallest absolute Gasteiger partial charge is 0.346 e. The van der Waals surface area contributed by atoms with E-state index >= 15 is 26.3 Å². The van der Waals surface area contributed by atoms with E-state index in [-0.39, 0.29) is 18.6 Å². The molecule has 0 fully saturated rings. The largest absolute Gasteiger partial charge is 0.491 e. The van der Waals surface area contributed by atoms with Crippen LogP contribution in [0.3, 0.4) is 0 Å². The molecule has 2 aliphatic carbocycles. The average molecular weight is 558 g/mol. The van der Waals surface area contributed by atoms with E-state index < -0.39 is 80.6 Å². The third kappa shape index (κ3) is 4.22. The SMILES string of the molecule is C=CCCc1ccc(C(=O)OC2=C(F)C3C(C)(C=C2)c2ccc(OCC)c(F)c2C(F)(F)C3(F)F)c(F)c1F. The first-order valence-electron chi connectivity index (χ1n) is 11.8. The molecule has 39 heavy (non-hydrogen) atoms. The number of carbonyl (C=O) groups excluding carboxylic acids is 1. The fraction of sp³-hybridized carbons (Fsp3) is 0.321. The van der Waals surface area contributed by atoms with Gasteiger partial charge in [0.15, 0.2) is 34.8 Å². The zero-order valence-electron chi connectivity index (χ0n) is 20.7. The lowest BCUT2D eigenvalue weighted by Crippen LogP contribution is -2.58. The van der Waals surface area contributed by atoms with E-state index in [1.165, 1.54) is 13.0 Å². The Balaban J connectivity index is 1.76. The van der Waals surface area contributed by atoms with Gasteiger partial charge in [0.1, 0.15) is 0 Å². The van der Waals surface area contributed by atoms with Crippen LogP contribution in [0.1, 0.15) is 47.3 Å². The first kappa shape index (κ1) is 28.4. The van der Waals surface area contributed by atoms with Crippen molar-refractivity contribution >= 4 is 5.97 Å². The minimum atomic E-state index is -5.21. The maximum absolute atomic E-state index is 15.6. The minimum Gasteiger partial charge on any atom is -0.491 e. The number of halogens is 8. The van der Waals surface area contributed by atoms with Crippen molar-refractivity contribution in [2.45, 2.75) is 43.9 Å². The van der Waals surface area contributed by atoms with Gasteiger partial charge in [0.05, 0.1) is 23.7 Å². The van der Waals surface area contributed by atoms with Crippen LogP contribution in [0.5, 0.6) is 5.75 Å². The maximum Gasteiger partial charge on any atom is 0.346 e. The van der Waals surface area contributed by atoms with Crippen molar-refractivity contribution in [2.75, 3.05) is 6.61 Å². The molecule has 0 N–H and O–H groups in total. The Morgan fingerprint density at radius 3 is 2.36 bits per heavy atom. The predicted molar refractivity (Wildman–Crippen MR) is 125 cm³/mol. The number of allylic oxidation sites excluding steroid dienone is 4. The molecular formula is C28H22F8O3. The monoisotopic (exact) mass is 558 g/mol. The summed E-state index contributed by atoms with van der Waals surface area (Å²) in [4.78, 5) is 12.5. The molecule has 2 aromatic rings. The van der Waals surface area contributed by atoms with Crippen LogP contribution in [0.4, 0.5) is 35.1 Å². The van der Waals surface area contributed by atoms with Gasteiger partial charge >= 0.3 is 17.8 Å². The second kappa shape index (κ2) is 9.84. The van der Waals surface area contributed by atoms with Gasteiger partial charge in [-0.15, -0.1) is 6.58 Å². The molecule has 0 aromatic heterocycles. The topological polar surface area (TPSA) is 35.5 Å². The number of rotatable bonds is 7.